The number of ketones is 1. The first-order valence-corrected chi connectivity index (χ1v) is 9.98. The summed E-state index contributed by atoms with van der Waals surface area (Å²) in [4.78, 5) is 24.6. The van der Waals surface area contributed by atoms with Crippen LogP contribution in [0.2, 0.25) is 0 Å². The highest BCUT2D eigenvalue weighted by molar-refractivity contribution is 5.96. The average molecular weight is 380 g/mol. The molecule has 1 saturated carbocycles. The molecule has 1 fully saturated rings. The van der Waals surface area contributed by atoms with Gasteiger partial charge in [-0.15, -0.1) is 0 Å². The van der Waals surface area contributed by atoms with Crippen molar-refractivity contribution in [1.29, 1.82) is 0 Å². The second-order valence-corrected chi connectivity index (χ2v) is 7.21. The minimum absolute atomic E-state index is 0.00636. The van der Waals surface area contributed by atoms with Crippen LogP contribution in [0.3, 0.4) is 0 Å². The van der Waals surface area contributed by atoms with E-state index in [0.29, 0.717) is 30.1 Å². The van der Waals surface area contributed by atoms with Gasteiger partial charge in [0.1, 0.15) is 5.75 Å². The summed E-state index contributed by atoms with van der Waals surface area (Å²) in [6.45, 7) is 0.540. The zero-order chi connectivity index (χ0) is 19.8. The van der Waals surface area contributed by atoms with Gasteiger partial charge in [0.2, 0.25) is 0 Å². The van der Waals surface area contributed by atoms with Crippen LogP contribution in [0.25, 0.3) is 0 Å². The van der Waals surface area contributed by atoms with E-state index in [1.54, 1.807) is 31.4 Å². The fourth-order valence-corrected chi connectivity index (χ4v) is 3.50. The van der Waals surface area contributed by atoms with Crippen molar-refractivity contribution in [3.05, 3.63) is 59.7 Å². The van der Waals surface area contributed by atoms with E-state index in [1.165, 1.54) is 19.3 Å². The summed E-state index contributed by atoms with van der Waals surface area (Å²) in [6.07, 6.45) is 6.22. The third-order valence-electron chi connectivity index (χ3n) is 5.18. The Morgan fingerprint density at radius 3 is 2.21 bits per heavy atom. The first kappa shape index (κ1) is 19.9. The molecule has 1 aliphatic carbocycles. The van der Waals surface area contributed by atoms with Crippen molar-refractivity contribution < 1.29 is 14.3 Å². The zero-order valence-electron chi connectivity index (χ0n) is 16.4. The summed E-state index contributed by atoms with van der Waals surface area (Å²) in [7, 11) is 1.60. The number of carbonyl (C=O) groups excluding carboxylic acids is 2. The number of rotatable bonds is 8. The van der Waals surface area contributed by atoms with Gasteiger partial charge in [-0.25, -0.2) is 0 Å². The van der Waals surface area contributed by atoms with Gasteiger partial charge in [-0.3, -0.25) is 9.59 Å². The number of hydrogen-bond acceptors (Lipinski definition) is 4. The summed E-state index contributed by atoms with van der Waals surface area (Å²) < 4.78 is 5.10. The third-order valence-corrected chi connectivity index (χ3v) is 5.18. The number of ether oxygens (including phenoxy) is 1. The predicted molar refractivity (Wildman–Crippen MR) is 111 cm³/mol. The van der Waals surface area contributed by atoms with E-state index in [-0.39, 0.29) is 11.7 Å². The van der Waals surface area contributed by atoms with Crippen LogP contribution in [0, 0.1) is 0 Å². The van der Waals surface area contributed by atoms with E-state index < -0.39 is 0 Å². The molecular formula is C23H28N2O3. The maximum Gasteiger partial charge on any atom is 0.251 e. The van der Waals surface area contributed by atoms with Crippen LogP contribution in [-0.4, -0.2) is 31.4 Å². The van der Waals surface area contributed by atoms with Gasteiger partial charge in [0, 0.05) is 35.8 Å². The minimum Gasteiger partial charge on any atom is -0.497 e. The van der Waals surface area contributed by atoms with Gasteiger partial charge in [0.05, 0.1) is 7.11 Å². The summed E-state index contributed by atoms with van der Waals surface area (Å²) in [6, 6.07) is 14.9. The molecule has 0 radical (unpaired) electrons. The molecule has 0 aromatic heterocycles. The highest BCUT2D eigenvalue weighted by atomic mass is 16.5. The quantitative estimate of drug-likeness (QED) is 0.664. The molecule has 0 atom stereocenters. The molecule has 3 rings (SSSR count). The molecule has 148 valence electrons. The van der Waals surface area contributed by atoms with Gasteiger partial charge in [-0.2, -0.15) is 0 Å². The largest absolute Gasteiger partial charge is 0.497 e. The number of amides is 1. The molecule has 0 bridgehead atoms. The summed E-state index contributed by atoms with van der Waals surface area (Å²) in [5, 5.41) is 6.36. The lowest BCUT2D eigenvalue weighted by atomic mass is 9.95. The standard InChI is InChI=1S/C23H28N2O3/c1-28-21-13-9-17(10-14-21)22(26)15-16-24-19-11-7-18(8-12-19)23(27)25-20-5-3-2-4-6-20/h7-14,20,24H,2-6,15-16H2,1H3,(H,25,27). The molecule has 2 aromatic carbocycles. The summed E-state index contributed by atoms with van der Waals surface area (Å²) in [5.74, 6) is 0.814. The Morgan fingerprint density at radius 2 is 1.57 bits per heavy atom. The Bertz CT molecular complexity index is 778. The molecule has 0 saturated heterocycles. The second-order valence-electron chi connectivity index (χ2n) is 7.21. The van der Waals surface area contributed by atoms with Crippen molar-refractivity contribution in [2.45, 2.75) is 44.6 Å². The molecule has 1 aliphatic rings. The molecule has 2 aromatic rings. The van der Waals surface area contributed by atoms with Crippen LogP contribution in [0.15, 0.2) is 48.5 Å². The van der Waals surface area contributed by atoms with Crippen LogP contribution >= 0.6 is 0 Å². The van der Waals surface area contributed by atoms with E-state index in [1.807, 2.05) is 24.3 Å². The highest BCUT2D eigenvalue weighted by Gasteiger charge is 2.16. The van der Waals surface area contributed by atoms with Crippen molar-refractivity contribution in [2.24, 2.45) is 0 Å². The number of carbonyl (C=O) groups is 2. The van der Waals surface area contributed by atoms with Crippen LogP contribution < -0.4 is 15.4 Å². The smallest absolute Gasteiger partial charge is 0.251 e. The van der Waals surface area contributed by atoms with Gasteiger partial charge in [0.25, 0.3) is 5.91 Å². The van der Waals surface area contributed by atoms with E-state index in [9.17, 15) is 9.59 Å². The molecule has 2 N–H and O–H groups in total. The van der Waals surface area contributed by atoms with Crippen LogP contribution in [-0.2, 0) is 0 Å². The first-order valence-electron chi connectivity index (χ1n) is 9.98. The monoisotopic (exact) mass is 380 g/mol. The fraction of sp³-hybridized carbons (Fsp3) is 0.391. The number of anilines is 1. The number of nitrogens with one attached hydrogen (secondary N) is 2. The van der Waals surface area contributed by atoms with Gasteiger partial charge in [-0.05, 0) is 61.4 Å². The van der Waals surface area contributed by atoms with Crippen molar-refractivity contribution in [1.82, 2.24) is 5.32 Å². The Kier molecular flexibility index (Phi) is 7.06. The molecule has 0 heterocycles. The number of Topliss-reactive ketones (excluding diaryl/α,β-unsaturated/α-hetero) is 1. The van der Waals surface area contributed by atoms with Crippen molar-refractivity contribution in [2.75, 3.05) is 19.0 Å². The van der Waals surface area contributed by atoms with E-state index in [2.05, 4.69) is 10.6 Å². The molecule has 1 amide bonds. The summed E-state index contributed by atoms with van der Waals surface area (Å²) in [5.41, 5.74) is 2.25. The highest BCUT2D eigenvalue weighted by Crippen LogP contribution is 2.18. The maximum atomic E-state index is 12.3. The lowest BCUT2D eigenvalue weighted by molar-refractivity contribution is 0.0926. The third kappa shape index (κ3) is 5.59. The van der Waals surface area contributed by atoms with E-state index in [4.69, 9.17) is 4.74 Å². The molecule has 5 nitrogen and oxygen atoms in total. The topological polar surface area (TPSA) is 67.4 Å². The van der Waals surface area contributed by atoms with Crippen LogP contribution in [0.4, 0.5) is 5.69 Å². The van der Waals surface area contributed by atoms with Gasteiger partial charge >= 0.3 is 0 Å². The van der Waals surface area contributed by atoms with Crippen molar-refractivity contribution in [3.63, 3.8) is 0 Å². The number of hydrogen-bond donors (Lipinski definition) is 2. The normalized spacial score (nSPS) is 14.3. The first-order chi connectivity index (χ1) is 13.7. The van der Waals surface area contributed by atoms with Gasteiger partial charge in [0.15, 0.2) is 5.78 Å². The molecule has 0 unspecified atom stereocenters. The Balaban J connectivity index is 1.44. The van der Waals surface area contributed by atoms with E-state index >= 15 is 0 Å². The van der Waals surface area contributed by atoms with Gasteiger partial charge in [-0.1, -0.05) is 19.3 Å². The van der Waals surface area contributed by atoms with Crippen LogP contribution in [0.5, 0.6) is 5.75 Å². The molecule has 5 heteroatoms. The van der Waals surface area contributed by atoms with E-state index in [0.717, 1.165) is 24.3 Å². The molecular weight excluding hydrogens is 352 g/mol. The van der Waals surface area contributed by atoms with Crippen LogP contribution in [0.1, 0.15) is 59.2 Å². The predicted octanol–water partition coefficient (Wildman–Crippen LogP) is 4.44. The lowest BCUT2D eigenvalue weighted by Crippen LogP contribution is -2.36. The van der Waals surface area contributed by atoms with Crippen molar-refractivity contribution >= 4 is 17.4 Å². The molecule has 28 heavy (non-hydrogen) atoms. The second kappa shape index (κ2) is 9.93. The molecule has 0 spiro atoms. The zero-order valence-corrected chi connectivity index (χ0v) is 16.4. The minimum atomic E-state index is -0.00636. The average Bonchev–Trinajstić information content (AvgIpc) is 2.75. The Labute approximate surface area is 166 Å². The Hall–Kier alpha value is -2.82. The number of benzene rings is 2. The summed E-state index contributed by atoms with van der Waals surface area (Å²) >= 11 is 0. The lowest BCUT2D eigenvalue weighted by Gasteiger charge is -2.22. The number of methoxy groups -OCH3 is 1. The SMILES string of the molecule is COc1ccc(C(=O)CCNc2ccc(C(=O)NC3CCCCC3)cc2)cc1. The maximum absolute atomic E-state index is 12.3. The van der Waals surface area contributed by atoms with Gasteiger partial charge < -0.3 is 15.4 Å². The molecule has 0 aliphatic heterocycles. The van der Waals surface area contributed by atoms with Crippen molar-refractivity contribution in [3.8, 4) is 5.75 Å². The Morgan fingerprint density at radius 1 is 0.929 bits per heavy atom. The fourth-order valence-electron chi connectivity index (χ4n) is 3.50.